The lowest BCUT2D eigenvalue weighted by Crippen LogP contribution is -1.83. The largest absolute Gasteiger partial charge is 0.444 e. The maximum absolute atomic E-state index is 8.95. The summed E-state index contributed by atoms with van der Waals surface area (Å²) in [5, 5.41) is 8.95. The first-order valence-electron chi connectivity index (χ1n) is 4.78. The fraction of sp³-hybridized carbons (Fsp3) is 0. The second-order valence-corrected chi connectivity index (χ2v) is 3.41. The lowest BCUT2D eigenvalue weighted by Gasteiger charge is -1.98. The normalized spacial score (nSPS) is 10.4. The molecule has 0 amide bonds. The second-order valence-electron chi connectivity index (χ2n) is 3.41. The van der Waals surface area contributed by atoms with Gasteiger partial charge < -0.3 is 8.82 Å². The van der Waals surface area contributed by atoms with Crippen LogP contribution >= 0.6 is 0 Å². The van der Waals surface area contributed by atoms with Gasteiger partial charge in [-0.1, -0.05) is 0 Å². The summed E-state index contributed by atoms with van der Waals surface area (Å²) in [5.74, 6) is 0.701. The van der Waals surface area contributed by atoms with Crippen LogP contribution in [0.25, 0.3) is 16.8 Å². The highest BCUT2D eigenvalue weighted by Gasteiger charge is 2.05. The second kappa shape index (κ2) is 3.24. The van der Waals surface area contributed by atoms with E-state index in [4.69, 9.17) is 9.68 Å². The molecule has 0 aromatic carbocycles. The molecule has 0 radical (unpaired) electrons. The minimum absolute atomic E-state index is 0.654. The highest BCUT2D eigenvalue weighted by molar-refractivity contribution is 5.70. The third-order valence-corrected chi connectivity index (χ3v) is 2.50. The predicted octanol–water partition coefficient (Wildman–Crippen LogP) is 2.47. The number of nitrogens with zero attached hydrogens (tertiary/aromatic N) is 3. The molecule has 0 unspecified atom stereocenters. The summed E-state index contributed by atoms with van der Waals surface area (Å²) in [6.45, 7) is 0. The topological polar surface area (TPSA) is 54.2 Å². The number of aromatic nitrogens is 2. The molecule has 0 atom stereocenters. The maximum atomic E-state index is 8.95. The van der Waals surface area contributed by atoms with Gasteiger partial charge in [-0.25, -0.2) is 4.98 Å². The van der Waals surface area contributed by atoms with Gasteiger partial charge in [0, 0.05) is 18.0 Å². The molecular weight excluding hydrogens is 202 g/mol. The van der Waals surface area contributed by atoms with Crippen LogP contribution in [-0.4, -0.2) is 9.38 Å². The van der Waals surface area contributed by atoms with Crippen LogP contribution in [0.3, 0.4) is 0 Å². The lowest BCUT2D eigenvalue weighted by atomic mass is 10.2. The minimum Gasteiger partial charge on any atom is -0.444 e. The zero-order chi connectivity index (χ0) is 11.0. The van der Waals surface area contributed by atoms with Gasteiger partial charge in [0.2, 0.25) is 0 Å². The Morgan fingerprint density at radius 3 is 2.94 bits per heavy atom. The predicted molar refractivity (Wildman–Crippen MR) is 57.6 cm³/mol. The summed E-state index contributed by atoms with van der Waals surface area (Å²) >= 11 is 0. The van der Waals surface area contributed by atoms with E-state index in [0.29, 0.717) is 11.3 Å². The van der Waals surface area contributed by atoms with Gasteiger partial charge in [-0.3, -0.25) is 0 Å². The average molecular weight is 209 g/mol. The molecule has 0 saturated carbocycles. The third kappa shape index (κ3) is 1.19. The Morgan fingerprint density at radius 2 is 2.19 bits per heavy atom. The Bertz CT molecular complexity index is 674. The van der Waals surface area contributed by atoms with Crippen molar-refractivity contribution in [2.24, 2.45) is 0 Å². The Balaban J connectivity index is 2.26. The van der Waals surface area contributed by atoms with Gasteiger partial charge in [-0.15, -0.1) is 0 Å². The minimum atomic E-state index is 0.654. The van der Waals surface area contributed by atoms with Crippen molar-refractivity contribution in [1.82, 2.24) is 9.38 Å². The van der Waals surface area contributed by atoms with E-state index < -0.39 is 0 Å². The highest BCUT2D eigenvalue weighted by atomic mass is 16.3. The quantitative estimate of drug-likeness (QED) is 0.618. The number of hydrogen-bond donors (Lipinski definition) is 0. The van der Waals surface area contributed by atoms with Crippen LogP contribution in [0.1, 0.15) is 5.56 Å². The van der Waals surface area contributed by atoms with Crippen molar-refractivity contribution in [3.05, 3.63) is 48.7 Å². The van der Waals surface area contributed by atoms with Crippen molar-refractivity contribution in [3.63, 3.8) is 0 Å². The van der Waals surface area contributed by atoms with E-state index in [0.717, 1.165) is 11.1 Å². The van der Waals surface area contributed by atoms with E-state index in [9.17, 15) is 0 Å². The van der Waals surface area contributed by atoms with Gasteiger partial charge in [0.05, 0.1) is 17.3 Å². The van der Waals surface area contributed by atoms with Gasteiger partial charge in [0.25, 0.3) is 0 Å². The fourth-order valence-corrected chi connectivity index (χ4v) is 1.70. The van der Waals surface area contributed by atoms with E-state index in [1.165, 1.54) is 6.39 Å². The van der Waals surface area contributed by atoms with Crippen molar-refractivity contribution in [3.8, 4) is 17.4 Å². The van der Waals surface area contributed by atoms with Gasteiger partial charge in [-0.05, 0) is 18.2 Å². The lowest BCUT2D eigenvalue weighted by molar-refractivity contribution is 0.572. The van der Waals surface area contributed by atoms with Crippen LogP contribution in [0.5, 0.6) is 0 Å². The molecule has 0 saturated heterocycles. The van der Waals surface area contributed by atoms with Crippen molar-refractivity contribution in [2.45, 2.75) is 0 Å². The Kier molecular flexibility index (Phi) is 1.77. The number of fused-ring (bicyclic) bond motifs is 1. The number of oxazole rings is 1. The summed E-state index contributed by atoms with van der Waals surface area (Å²) in [5.41, 5.74) is 2.44. The summed E-state index contributed by atoms with van der Waals surface area (Å²) in [4.78, 5) is 3.87. The average Bonchev–Trinajstić information content (AvgIpc) is 2.97. The molecule has 76 valence electrons. The van der Waals surface area contributed by atoms with Gasteiger partial charge in [-0.2, -0.15) is 5.26 Å². The number of nitriles is 1. The van der Waals surface area contributed by atoms with E-state index in [-0.39, 0.29) is 0 Å². The molecule has 4 nitrogen and oxygen atoms in total. The first-order chi connectivity index (χ1) is 7.88. The molecular formula is C12H7N3O. The van der Waals surface area contributed by atoms with Crippen molar-refractivity contribution in [2.75, 3.05) is 0 Å². The molecule has 0 fully saturated rings. The van der Waals surface area contributed by atoms with Crippen LogP contribution in [0.2, 0.25) is 0 Å². The summed E-state index contributed by atoms with van der Waals surface area (Å²) < 4.78 is 7.12. The van der Waals surface area contributed by atoms with Gasteiger partial charge in [0.1, 0.15) is 6.07 Å². The van der Waals surface area contributed by atoms with Gasteiger partial charge >= 0.3 is 0 Å². The molecule has 0 bridgehead atoms. The number of hydrogen-bond acceptors (Lipinski definition) is 3. The molecule has 0 N–H and O–H groups in total. The maximum Gasteiger partial charge on any atom is 0.181 e. The molecule has 0 aliphatic heterocycles. The van der Waals surface area contributed by atoms with Crippen LogP contribution in [-0.2, 0) is 0 Å². The van der Waals surface area contributed by atoms with E-state index in [2.05, 4.69) is 11.1 Å². The van der Waals surface area contributed by atoms with E-state index >= 15 is 0 Å². The summed E-state index contributed by atoms with van der Waals surface area (Å²) in [7, 11) is 0. The molecule has 0 aliphatic rings. The molecule has 3 aromatic heterocycles. The Labute approximate surface area is 91.4 Å². The molecule has 3 heterocycles. The van der Waals surface area contributed by atoms with Crippen LogP contribution in [0, 0.1) is 11.3 Å². The molecule has 0 spiro atoms. The van der Waals surface area contributed by atoms with Crippen LogP contribution in [0.4, 0.5) is 0 Å². The first kappa shape index (κ1) is 8.74. The standard InChI is InChI=1S/C12H7N3O/c13-6-10-2-4-15-3-1-9(5-11(10)15)12-7-14-8-16-12/h1-5,7-8H. The molecule has 16 heavy (non-hydrogen) atoms. The van der Waals surface area contributed by atoms with Crippen molar-refractivity contribution < 1.29 is 4.42 Å². The van der Waals surface area contributed by atoms with Crippen LogP contribution < -0.4 is 0 Å². The fourth-order valence-electron chi connectivity index (χ4n) is 1.70. The van der Waals surface area contributed by atoms with E-state index in [1.54, 1.807) is 12.3 Å². The summed E-state index contributed by atoms with van der Waals surface area (Å²) in [6.07, 6.45) is 6.80. The number of rotatable bonds is 1. The van der Waals surface area contributed by atoms with Gasteiger partial charge in [0.15, 0.2) is 12.2 Å². The SMILES string of the molecule is N#Cc1ccn2ccc(-c3cnco3)cc12. The van der Waals surface area contributed by atoms with E-state index in [1.807, 2.05) is 28.9 Å². The molecule has 3 rings (SSSR count). The van der Waals surface area contributed by atoms with Crippen LogP contribution in [0.15, 0.2) is 47.6 Å². The smallest absolute Gasteiger partial charge is 0.181 e. The highest BCUT2D eigenvalue weighted by Crippen LogP contribution is 2.22. The zero-order valence-corrected chi connectivity index (χ0v) is 8.29. The monoisotopic (exact) mass is 209 g/mol. The Morgan fingerprint density at radius 1 is 1.31 bits per heavy atom. The molecule has 4 heteroatoms. The van der Waals surface area contributed by atoms with Crippen molar-refractivity contribution in [1.29, 1.82) is 5.26 Å². The molecule has 3 aromatic rings. The zero-order valence-electron chi connectivity index (χ0n) is 8.29. The number of pyridine rings is 1. The molecule has 0 aliphatic carbocycles. The third-order valence-electron chi connectivity index (χ3n) is 2.50. The van der Waals surface area contributed by atoms with Crippen molar-refractivity contribution >= 4 is 5.52 Å². The first-order valence-corrected chi connectivity index (χ1v) is 4.78. The summed E-state index contributed by atoms with van der Waals surface area (Å²) in [6, 6.07) is 7.79. The Hall–Kier alpha value is -2.54.